The third-order valence-electron chi connectivity index (χ3n) is 6.95. The summed E-state index contributed by atoms with van der Waals surface area (Å²) in [6, 6.07) is 0. The molecule has 0 unspecified atom stereocenters. The smallest absolute Gasteiger partial charge is 0.264 e. The van der Waals surface area contributed by atoms with Gasteiger partial charge in [0.1, 0.15) is 0 Å². The van der Waals surface area contributed by atoms with Crippen LogP contribution in [0, 0.1) is 29.6 Å². The molecule has 0 radical (unpaired) electrons. The van der Waals surface area contributed by atoms with Gasteiger partial charge >= 0.3 is 0 Å². The highest BCUT2D eigenvalue weighted by Crippen LogP contribution is 2.10. The monoisotopic (exact) mass is 653 g/mol. The van der Waals surface area contributed by atoms with Crippen LogP contribution in [0.2, 0.25) is 0 Å². The first kappa shape index (κ1) is 56.3. The zero-order valence-electron chi connectivity index (χ0n) is 32.7. The highest BCUT2D eigenvalue weighted by Gasteiger charge is 2.04. The van der Waals surface area contributed by atoms with Gasteiger partial charge in [-0.05, 0) is 42.4 Å². The fraction of sp³-hybridized carbons (Fsp3) is 1.00. The Bertz CT molecular complexity index is 551. The van der Waals surface area contributed by atoms with Crippen LogP contribution in [0.25, 0.3) is 0 Å². The third-order valence-corrected chi connectivity index (χ3v) is 7.76. The van der Waals surface area contributed by atoms with Gasteiger partial charge in [0, 0.05) is 0 Å². The zero-order valence-corrected chi connectivity index (χ0v) is 33.5. The van der Waals surface area contributed by atoms with E-state index in [0.717, 1.165) is 30.1 Å². The van der Waals surface area contributed by atoms with Crippen molar-refractivity contribution in [3.63, 3.8) is 0 Å². The molecule has 1 N–H and O–H groups in total. The molecule has 0 aromatic carbocycles. The zero-order chi connectivity index (χ0) is 34.5. The highest BCUT2D eigenvalue weighted by molar-refractivity contribution is 7.85. The first-order valence-corrected chi connectivity index (χ1v) is 20.6. The van der Waals surface area contributed by atoms with E-state index in [4.69, 9.17) is 4.55 Å². The van der Waals surface area contributed by atoms with Crippen LogP contribution in [0.5, 0.6) is 0 Å². The Labute approximate surface area is 284 Å². The van der Waals surface area contributed by atoms with E-state index in [1.54, 1.807) is 0 Å². The van der Waals surface area contributed by atoms with Gasteiger partial charge in [-0.15, -0.1) is 0 Å². The van der Waals surface area contributed by atoms with Crippen molar-refractivity contribution < 1.29 is 13.0 Å². The molecule has 4 heteroatoms. The van der Waals surface area contributed by atoms with Gasteiger partial charge in [-0.2, -0.15) is 8.42 Å². The van der Waals surface area contributed by atoms with Crippen LogP contribution in [-0.4, -0.2) is 18.7 Å². The lowest BCUT2D eigenvalue weighted by Gasteiger charge is -2.02. The quantitative estimate of drug-likeness (QED) is 0.0991. The Morgan fingerprint density at radius 2 is 0.636 bits per heavy atom. The summed E-state index contributed by atoms with van der Waals surface area (Å²) in [7, 11) is -3.72. The van der Waals surface area contributed by atoms with Crippen LogP contribution in [-0.2, 0) is 10.1 Å². The summed E-state index contributed by atoms with van der Waals surface area (Å²) >= 11 is 0. The van der Waals surface area contributed by atoms with Crippen molar-refractivity contribution in [2.24, 2.45) is 29.6 Å². The van der Waals surface area contributed by atoms with Gasteiger partial charge in [0.25, 0.3) is 10.1 Å². The predicted molar refractivity (Wildman–Crippen MR) is 208 cm³/mol. The molecular formula is C40H92O3S. The fourth-order valence-electron chi connectivity index (χ4n) is 4.19. The molecule has 0 bridgehead atoms. The maximum Gasteiger partial charge on any atom is 0.264 e. The minimum Gasteiger partial charge on any atom is -0.286 e. The summed E-state index contributed by atoms with van der Waals surface area (Å²) in [5.74, 6) is 4.01. The molecule has 0 heterocycles. The number of hydrogen-bond donors (Lipinski definition) is 1. The first-order chi connectivity index (χ1) is 20.0. The minimum atomic E-state index is -3.72. The Morgan fingerprint density at radius 3 is 0.886 bits per heavy atom. The van der Waals surface area contributed by atoms with Crippen LogP contribution in [0.15, 0.2) is 0 Å². The Morgan fingerprint density at radius 1 is 0.386 bits per heavy atom. The third kappa shape index (κ3) is 90.0. The van der Waals surface area contributed by atoms with E-state index in [2.05, 4.69) is 83.1 Å². The van der Waals surface area contributed by atoms with Gasteiger partial charge in [0.05, 0.1) is 5.75 Å². The Kier molecular flexibility index (Phi) is 57.6. The SMILES string of the molecule is C.CC(C)CCCS(=O)(=O)O.CCCC(C)C.CCCCCC(C)C.CCCCCCC(C)C.CCCCCCCC(C)C. The van der Waals surface area contributed by atoms with E-state index in [0.29, 0.717) is 12.3 Å². The van der Waals surface area contributed by atoms with Gasteiger partial charge in [-0.1, -0.05) is 214 Å². The second-order valence-corrected chi connectivity index (χ2v) is 16.3. The molecule has 0 aromatic heterocycles. The molecule has 0 spiro atoms. The summed E-state index contributed by atoms with van der Waals surface area (Å²) in [6.45, 7) is 31.3. The number of unbranched alkanes of at least 4 members (excludes halogenated alkanes) is 9. The topological polar surface area (TPSA) is 54.4 Å². The average Bonchev–Trinajstić information content (AvgIpc) is 2.87. The normalized spacial score (nSPS) is 10.7. The second kappa shape index (κ2) is 45.0. The van der Waals surface area contributed by atoms with E-state index < -0.39 is 10.1 Å². The summed E-state index contributed by atoms with van der Waals surface area (Å²) < 4.78 is 28.6. The molecule has 0 aliphatic heterocycles. The van der Waals surface area contributed by atoms with E-state index in [1.807, 2.05) is 13.8 Å². The van der Waals surface area contributed by atoms with Crippen molar-refractivity contribution in [2.45, 2.75) is 226 Å². The Hall–Kier alpha value is -0.0900. The van der Waals surface area contributed by atoms with E-state index in [9.17, 15) is 8.42 Å². The van der Waals surface area contributed by atoms with Crippen LogP contribution < -0.4 is 0 Å². The van der Waals surface area contributed by atoms with Gasteiger partial charge < -0.3 is 0 Å². The molecule has 0 amide bonds. The molecule has 0 rings (SSSR count). The summed E-state index contributed by atoms with van der Waals surface area (Å²) in [5, 5.41) is 0. The van der Waals surface area contributed by atoms with Gasteiger partial charge in [-0.3, -0.25) is 4.55 Å². The summed E-state index contributed by atoms with van der Waals surface area (Å²) in [4.78, 5) is 0. The minimum absolute atomic E-state index is 0. The summed E-state index contributed by atoms with van der Waals surface area (Å²) in [6.07, 6.45) is 25.3. The van der Waals surface area contributed by atoms with Gasteiger partial charge in [0.2, 0.25) is 0 Å². The lowest BCUT2D eigenvalue weighted by Crippen LogP contribution is -2.04. The van der Waals surface area contributed by atoms with E-state index in [1.165, 1.54) is 109 Å². The van der Waals surface area contributed by atoms with E-state index in [-0.39, 0.29) is 13.2 Å². The van der Waals surface area contributed by atoms with Crippen molar-refractivity contribution in [2.75, 3.05) is 5.75 Å². The molecule has 0 aromatic rings. The maximum atomic E-state index is 10.2. The molecule has 0 saturated carbocycles. The standard InChI is InChI=1S/C10H22.C9H20.C8H18.C6H14O3S.C6H14.CH4/c1-4-5-6-7-8-9-10(2)3;1-4-5-6-7-8-9(2)3;1-4-5-6-7-8(2)3;1-6(2)4-3-5-10(7,8)9;1-4-5-6(2)3;/h10H,4-9H2,1-3H3;9H,4-8H2,1-3H3;8H,4-7H2,1-3H3;6H,3-5H2,1-2H3,(H,7,8,9);6H,4-5H2,1-3H3;1H4. The maximum absolute atomic E-state index is 10.2. The molecule has 0 fully saturated rings. The number of rotatable bonds is 21. The van der Waals surface area contributed by atoms with Gasteiger partial charge in [-0.25, -0.2) is 0 Å². The van der Waals surface area contributed by atoms with E-state index >= 15 is 0 Å². The molecule has 0 atom stereocenters. The molecule has 0 aliphatic carbocycles. The highest BCUT2D eigenvalue weighted by atomic mass is 32.2. The van der Waals surface area contributed by atoms with Crippen LogP contribution >= 0.6 is 0 Å². The fourth-order valence-corrected chi connectivity index (χ4v) is 4.72. The lowest BCUT2D eigenvalue weighted by molar-refractivity contribution is 0.475. The van der Waals surface area contributed by atoms with Crippen LogP contribution in [0.3, 0.4) is 0 Å². The van der Waals surface area contributed by atoms with Gasteiger partial charge in [0.15, 0.2) is 0 Å². The van der Waals surface area contributed by atoms with Crippen molar-refractivity contribution >= 4 is 10.1 Å². The number of hydrogen-bond acceptors (Lipinski definition) is 2. The van der Waals surface area contributed by atoms with Crippen LogP contribution in [0.1, 0.15) is 226 Å². The molecule has 276 valence electrons. The molecule has 0 saturated heterocycles. The van der Waals surface area contributed by atoms with Crippen molar-refractivity contribution in [1.82, 2.24) is 0 Å². The molecular weight excluding hydrogens is 561 g/mol. The second-order valence-electron chi connectivity index (χ2n) is 14.7. The average molecular weight is 653 g/mol. The largest absolute Gasteiger partial charge is 0.286 e. The van der Waals surface area contributed by atoms with Crippen molar-refractivity contribution in [3.05, 3.63) is 0 Å². The van der Waals surface area contributed by atoms with Crippen molar-refractivity contribution in [1.29, 1.82) is 0 Å². The molecule has 44 heavy (non-hydrogen) atoms. The molecule has 3 nitrogen and oxygen atoms in total. The lowest BCUT2D eigenvalue weighted by atomic mass is 10.0. The summed E-state index contributed by atoms with van der Waals surface area (Å²) in [5.41, 5.74) is 0. The first-order valence-electron chi connectivity index (χ1n) is 18.9. The Balaban J connectivity index is -0.000000103. The van der Waals surface area contributed by atoms with Crippen LogP contribution in [0.4, 0.5) is 0 Å². The van der Waals surface area contributed by atoms with Crippen molar-refractivity contribution in [3.8, 4) is 0 Å². The predicted octanol–water partition coefficient (Wildman–Crippen LogP) is 15.2. The molecule has 0 aliphatic rings.